The fraction of sp³-hybridized carbons (Fsp3) is 0.526. The van der Waals surface area contributed by atoms with Crippen LogP contribution >= 0.6 is 11.6 Å². The first-order chi connectivity index (χ1) is 12.8. The molecule has 8 heteroatoms. The fourth-order valence-electron chi connectivity index (χ4n) is 2.81. The van der Waals surface area contributed by atoms with Gasteiger partial charge in [0.1, 0.15) is 6.04 Å². The van der Waals surface area contributed by atoms with Crippen LogP contribution in [0, 0.1) is 5.92 Å². The number of nitrogens with one attached hydrogen (secondary N) is 2. The van der Waals surface area contributed by atoms with E-state index >= 15 is 0 Å². The molecule has 1 aliphatic rings. The van der Waals surface area contributed by atoms with Gasteiger partial charge in [-0.25, -0.2) is 0 Å². The highest BCUT2D eigenvalue weighted by Crippen LogP contribution is 2.16. The molecule has 0 unspecified atom stereocenters. The number of benzene rings is 1. The number of esters is 1. The molecule has 148 valence electrons. The van der Waals surface area contributed by atoms with Gasteiger partial charge in [0.15, 0.2) is 0 Å². The predicted octanol–water partition coefficient (Wildman–Crippen LogP) is 2.28. The Bertz CT molecular complexity index is 677. The minimum atomic E-state index is -0.807. The van der Waals surface area contributed by atoms with Crippen LogP contribution in [-0.4, -0.2) is 42.8 Å². The van der Waals surface area contributed by atoms with Gasteiger partial charge in [0.25, 0.3) is 5.91 Å². The molecule has 0 radical (unpaired) electrons. The van der Waals surface area contributed by atoms with Crippen molar-refractivity contribution < 1.29 is 23.9 Å². The van der Waals surface area contributed by atoms with Crippen molar-refractivity contribution >= 4 is 29.4 Å². The summed E-state index contributed by atoms with van der Waals surface area (Å²) >= 11 is 5.84. The first-order valence-electron chi connectivity index (χ1n) is 8.92. The highest BCUT2D eigenvalue weighted by atomic mass is 35.5. The Balaban J connectivity index is 2.03. The number of carbonyl (C=O) groups is 3. The number of hydrogen-bond acceptors (Lipinski definition) is 5. The van der Waals surface area contributed by atoms with Crippen molar-refractivity contribution in [2.45, 2.75) is 52.0 Å². The van der Waals surface area contributed by atoms with Crippen molar-refractivity contribution in [3.63, 3.8) is 0 Å². The third-order valence-electron chi connectivity index (χ3n) is 4.08. The summed E-state index contributed by atoms with van der Waals surface area (Å²) < 4.78 is 10.4. The van der Waals surface area contributed by atoms with Crippen LogP contribution in [-0.2, 0) is 19.1 Å². The van der Waals surface area contributed by atoms with Gasteiger partial charge in [-0.05, 0) is 43.0 Å². The Hall–Kier alpha value is -2.12. The summed E-state index contributed by atoms with van der Waals surface area (Å²) in [7, 11) is 0. The number of ether oxygens (including phenoxy) is 2. The molecule has 0 aromatic heterocycles. The number of rotatable bonds is 7. The maximum atomic E-state index is 12.7. The second kappa shape index (κ2) is 9.71. The summed E-state index contributed by atoms with van der Waals surface area (Å²) in [6, 6.07) is 5.28. The van der Waals surface area contributed by atoms with Crippen LogP contribution in [0.25, 0.3) is 0 Å². The zero-order valence-corrected chi connectivity index (χ0v) is 16.4. The molecule has 27 heavy (non-hydrogen) atoms. The zero-order valence-electron chi connectivity index (χ0n) is 15.7. The van der Waals surface area contributed by atoms with E-state index in [0.29, 0.717) is 30.0 Å². The minimum absolute atomic E-state index is 0.190. The first-order valence-corrected chi connectivity index (χ1v) is 9.29. The average molecular weight is 397 g/mol. The van der Waals surface area contributed by atoms with Gasteiger partial charge in [-0.2, -0.15) is 0 Å². The second-order valence-electron chi connectivity index (χ2n) is 6.91. The van der Waals surface area contributed by atoms with Crippen molar-refractivity contribution in [2.75, 3.05) is 6.61 Å². The van der Waals surface area contributed by atoms with Crippen molar-refractivity contribution in [1.29, 1.82) is 0 Å². The van der Waals surface area contributed by atoms with Crippen LogP contribution in [0.15, 0.2) is 24.3 Å². The maximum absolute atomic E-state index is 12.7. The molecular weight excluding hydrogens is 372 g/mol. The molecule has 1 aromatic rings. The van der Waals surface area contributed by atoms with E-state index in [1.54, 1.807) is 24.3 Å². The normalized spacial score (nSPS) is 20.2. The lowest BCUT2D eigenvalue weighted by molar-refractivity contribution is -0.170. The third-order valence-corrected chi connectivity index (χ3v) is 4.34. The Labute approximate surface area is 163 Å². The molecule has 2 N–H and O–H groups in total. The van der Waals surface area contributed by atoms with Gasteiger partial charge < -0.3 is 20.1 Å². The highest BCUT2D eigenvalue weighted by Gasteiger charge is 2.34. The van der Waals surface area contributed by atoms with E-state index in [2.05, 4.69) is 10.6 Å². The summed E-state index contributed by atoms with van der Waals surface area (Å²) in [4.78, 5) is 36.4. The lowest BCUT2D eigenvalue weighted by atomic mass is 10.0. The molecule has 1 fully saturated rings. The van der Waals surface area contributed by atoms with E-state index < -0.39 is 24.3 Å². The fourth-order valence-corrected chi connectivity index (χ4v) is 2.94. The van der Waals surface area contributed by atoms with E-state index in [0.717, 1.165) is 0 Å². The van der Waals surface area contributed by atoms with Crippen molar-refractivity contribution in [1.82, 2.24) is 10.6 Å². The second-order valence-corrected chi connectivity index (χ2v) is 7.35. The standard InChI is InChI=1S/C19H25ClN2O5/c1-11(2)10-16(22-17(24)13-4-6-14(20)7-5-13)18(25)21-15-8-9-26-19(15)27-12(3)23/h4-7,11,15-16,19H,8-10H2,1-3H3,(H,21,25)(H,22,24)/t15-,16-,19-/m0/s1. The van der Waals surface area contributed by atoms with Gasteiger partial charge in [0, 0.05) is 17.5 Å². The molecule has 3 atom stereocenters. The molecule has 2 rings (SSSR count). The summed E-state index contributed by atoms with van der Waals surface area (Å²) in [5, 5.41) is 6.13. The Morgan fingerprint density at radius 3 is 2.52 bits per heavy atom. The van der Waals surface area contributed by atoms with Gasteiger partial charge in [0.2, 0.25) is 12.2 Å². The van der Waals surface area contributed by atoms with Crippen LogP contribution in [0.1, 0.15) is 44.0 Å². The third kappa shape index (κ3) is 6.52. The highest BCUT2D eigenvalue weighted by molar-refractivity contribution is 6.30. The SMILES string of the molecule is CC(=O)O[C@@H]1OCC[C@@H]1NC(=O)[C@H](CC(C)C)NC(=O)c1ccc(Cl)cc1. The molecule has 2 amide bonds. The number of hydrogen-bond donors (Lipinski definition) is 2. The monoisotopic (exact) mass is 396 g/mol. The first kappa shape index (κ1) is 21.2. The molecule has 0 saturated carbocycles. The zero-order chi connectivity index (χ0) is 20.0. The smallest absolute Gasteiger partial charge is 0.305 e. The molecule has 0 bridgehead atoms. The van der Waals surface area contributed by atoms with E-state index in [-0.39, 0.29) is 17.7 Å². The average Bonchev–Trinajstić information content (AvgIpc) is 3.00. The van der Waals surface area contributed by atoms with Gasteiger partial charge in [0.05, 0.1) is 12.6 Å². The van der Waals surface area contributed by atoms with Crippen molar-refractivity contribution in [2.24, 2.45) is 5.92 Å². The van der Waals surface area contributed by atoms with E-state index in [4.69, 9.17) is 21.1 Å². The van der Waals surface area contributed by atoms with Crippen LogP contribution in [0.3, 0.4) is 0 Å². The lowest BCUT2D eigenvalue weighted by Gasteiger charge is -2.24. The van der Waals surface area contributed by atoms with Crippen LogP contribution < -0.4 is 10.6 Å². The van der Waals surface area contributed by atoms with Gasteiger partial charge in [-0.1, -0.05) is 25.4 Å². The molecule has 1 saturated heterocycles. The van der Waals surface area contributed by atoms with Gasteiger partial charge in [-0.3, -0.25) is 14.4 Å². The van der Waals surface area contributed by atoms with Gasteiger partial charge >= 0.3 is 5.97 Å². The largest absolute Gasteiger partial charge is 0.434 e. The van der Waals surface area contributed by atoms with Crippen molar-refractivity contribution in [3.05, 3.63) is 34.9 Å². The summed E-state index contributed by atoms with van der Waals surface area (Å²) in [6.07, 6.45) is 0.193. The lowest BCUT2D eigenvalue weighted by Crippen LogP contribution is -2.52. The van der Waals surface area contributed by atoms with Crippen molar-refractivity contribution in [3.8, 4) is 0 Å². The summed E-state index contributed by atoms with van der Waals surface area (Å²) in [5.41, 5.74) is 0.419. The molecular formula is C19H25ClN2O5. The predicted molar refractivity (Wildman–Crippen MR) is 100 cm³/mol. The summed E-state index contributed by atoms with van der Waals surface area (Å²) in [6.45, 7) is 5.60. The molecule has 0 spiro atoms. The number of amides is 2. The van der Waals surface area contributed by atoms with E-state index in [1.165, 1.54) is 6.92 Å². The van der Waals surface area contributed by atoms with Crippen LogP contribution in [0.5, 0.6) is 0 Å². The summed E-state index contributed by atoms with van der Waals surface area (Å²) in [5.74, 6) is -0.975. The number of halogens is 1. The molecule has 1 aromatic carbocycles. The van der Waals surface area contributed by atoms with Gasteiger partial charge in [-0.15, -0.1) is 0 Å². The minimum Gasteiger partial charge on any atom is -0.434 e. The Morgan fingerprint density at radius 2 is 1.93 bits per heavy atom. The molecule has 1 aliphatic heterocycles. The Kier molecular flexibility index (Phi) is 7.62. The maximum Gasteiger partial charge on any atom is 0.305 e. The topological polar surface area (TPSA) is 93.7 Å². The Morgan fingerprint density at radius 1 is 1.26 bits per heavy atom. The van der Waals surface area contributed by atoms with Crippen LogP contribution in [0.4, 0.5) is 0 Å². The van der Waals surface area contributed by atoms with Crippen LogP contribution in [0.2, 0.25) is 5.02 Å². The quantitative estimate of drug-likeness (QED) is 0.689. The van der Waals surface area contributed by atoms with E-state index in [9.17, 15) is 14.4 Å². The van der Waals surface area contributed by atoms with E-state index in [1.807, 2.05) is 13.8 Å². The number of carbonyl (C=O) groups excluding carboxylic acids is 3. The molecule has 0 aliphatic carbocycles. The molecule has 7 nitrogen and oxygen atoms in total. The molecule has 1 heterocycles.